The third-order valence-electron chi connectivity index (χ3n) is 2.80. The fourth-order valence-corrected chi connectivity index (χ4v) is 2.90. The lowest BCUT2D eigenvalue weighted by atomic mass is 10.1. The van der Waals surface area contributed by atoms with E-state index in [-0.39, 0.29) is 5.92 Å². The number of aryl methyl sites for hydroxylation is 1. The minimum absolute atomic E-state index is 0.161. The Hall–Kier alpha value is -0.870. The highest BCUT2D eigenvalue weighted by atomic mass is 32.1. The predicted molar refractivity (Wildman–Crippen MR) is 60.1 cm³/mol. The Kier molecular flexibility index (Phi) is 3.07. The molecular formula is C11H15NO2S. The number of hydrogen-bond acceptors (Lipinski definition) is 3. The number of aliphatic carboxylic acids is 1. The van der Waals surface area contributed by atoms with E-state index in [1.165, 1.54) is 9.75 Å². The molecule has 1 saturated heterocycles. The molecule has 1 aromatic heterocycles. The highest BCUT2D eigenvalue weighted by Crippen LogP contribution is 2.22. The summed E-state index contributed by atoms with van der Waals surface area (Å²) in [5, 5.41) is 8.88. The van der Waals surface area contributed by atoms with Crippen molar-refractivity contribution in [3.63, 3.8) is 0 Å². The number of likely N-dealkylation sites (tertiary alicyclic amines) is 1. The number of hydrogen-bond donors (Lipinski definition) is 1. The van der Waals surface area contributed by atoms with Crippen molar-refractivity contribution in [2.75, 3.05) is 13.1 Å². The van der Waals surface area contributed by atoms with Gasteiger partial charge < -0.3 is 5.11 Å². The number of carboxylic acids is 1. The molecule has 0 bridgehead atoms. The monoisotopic (exact) mass is 225 g/mol. The molecular weight excluding hydrogens is 210 g/mol. The average molecular weight is 225 g/mol. The van der Waals surface area contributed by atoms with Crippen LogP contribution in [0.4, 0.5) is 0 Å². The molecule has 0 aromatic carbocycles. The number of thiophene rings is 1. The predicted octanol–water partition coefficient (Wildman–Crippen LogP) is 1.96. The fraction of sp³-hybridized carbons (Fsp3) is 0.545. The van der Waals surface area contributed by atoms with Gasteiger partial charge in [0.2, 0.25) is 0 Å². The Morgan fingerprint density at radius 2 is 2.47 bits per heavy atom. The molecule has 0 saturated carbocycles. The molecule has 3 nitrogen and oxygen atoms in total. The molecule has 1 aliphatic rings. The summed E-state index contributed by atoms with van der Waals surface area (Å²) in [7, 11) is 0. The first-order chi connectivity index (χ1) is 7.15. The van der Waals surface area contributed by atoms with Crippen molar-refractivity contribution in [2.45, 2.75) is 19.9 Å². The van der Waals surface area contributed by atoms with Gasteiger partial charge in [0.25, 0.3) is 0 Å². The Morgan fingerprint density at radius 1 is 1.67 bits per heavy atom. The van der Waals surface area contributed by atoms with E-state index in [4.69, 9.17) is 5.11 Å². The number of rotatable bonds is 3. The Bertz CT molecular complexity index is 361. The van der Waals surface area contributed by atoms with Gasteiger partial charge in [-0.3, -0.25) is 9.69 Å². The molecule has 1 atom stereocenters. The summed E-state index contributed by atoms with van der Waals surface area (Å²) in [6.07, 6.45) is 0.791. The zero-order valence-electron chi connectivity index (χ0n) is 8.77. The van der Waals surface area contributed by atoms with E-state index in [0.29, 0.717) is 6.54 Å². The Labute approximate surface area is 93.3 Å². The number of nitrogens with zero attached hydrogens (tertiary/aromatic N) is 1. The SMILES string of the molecule is Cc1ccc(CN2CC[C@H](C(=O)O)C2)s1. The lowest BCUT2D eigenvalue weighted by molar-refractivity contribution is -0.141. The first-order valence-corrected chi connectivity index (χ1v) is 5.97. The van der Waals surface area contributed by atoms with Gasteiger partial charge in [-0.25, -0.2) is 0 Å². The molecule has 1 fully saturated rings. The van der Waals surface area contributed by atoms with Crippen molar-refractivity contribution in [1.82, 2.24) is 4.90 Å². The molecule has 0 unspecified atom stereocenters. The van der Waals surface area contributed by atoms with Crippen LogP contribution >= 0.6 is 11.3 Å². The Morgan fingerprint density at radius 3 is 3.00 bits per heavy atom. The maximum Gasteiger partial charge on any atom is 0.307 e. The van der Waals surface area contributed by atoms with Crippen LogP contribution in [-0.2, 0) is 11.3 Å². The zero-order valence-corrected chi connectivity index (χ0v) is 9.59. The van der Waals surface area contributed by atoms with Crippen LogP contribution < -0.4 is 0 Å². The molecule has 15 heavy (non-hydrogen) atoms. The van der Waals surface area contributed by atoms with Crippen molar-refractivity contribution in [3.05, 3.63) is 21.9 Å². The quantitative estimate of drug-likeness (QED) is 0.855. The van der Waals surface area contributed by atoms with Crippen LogP contribution in [0.25, 0.3) is 0 Å². The van der Waals surface area contributed by atoms with E-state index >= 15 is 0 Å². The van der Waals surface area contributed by atoms with E-state index in [1.54, 1.807) is 11.3 Å². The fourth-order valence-electron chi connectivity index (χ4n) is 1.97. The van der Waals surface area contributed by atoms with E-state index < -0.39 is 5.97 Å². The summed E-state index contributed by atoms with van der Waals surface area (Å²) in [6.45, 7) is 4.61. The lowest BCUT2D eigenvalue weighted by Gasteiger charge is -2.13. The van der Waals surface area contributed by atoms with Crippen molar-refractivity contribution in [1.29, 1.82) is 0 Å². The standard InChI is InChI=1S/C11H15NO2S/c1-8-2-3-10(15-8)7-12-5-4-9(6-12)11(13)14/h2-3,9H,4-7H2,1H3,(H,13,14)/t9-/m0/s1. The third-order valence-corrected chi connectivity index (χ3v) is 3.78. The van der Waals surface area contributed by atoms with Gasteiger partial charge in [0.1, 0.15) is 0 Å². The maximum atomic E-state index is 10.8. The lowest BCUT2D eigenvalue weighted by Crippen LogP contribution is -2.22. The second kappa shape index (κ2) is 4.33. The molecule has 1 aromatic rings. The van der Waals surface area contributed by atoms with Crippen LogP contribution in [0.5, 0.6) is 0 Å². The maximum absolute atomic E-state index is 10.8. The summed E-state index contributed by atoms with van der Waals surface area (Å²) in [5.74, 6) is -0.814. The van der Waals surface area contributed by atoms with Gasteiger partial charge >= 0.3 is 5.97 Å². The van der Waals surface area contributed by atoms with Gasteiger partial charge in [-0.1, -0.05) is 0 Å². The summed E-state index contributed by atoms with van der Waals surface area (Å²) in [5.41, 5.74) is 0. The zero-order chi connectivity index (χ0) is 10.8. The van der Waals surface area contributed by atoms with Crippen molar-refractivity contribution in [3.8, 4) is 0 Å². The van der Waals surface area contributed by atoms with Crippen LogP contribution in [0.15, 0.2) is 12.1 Å². The average Bonchev–Trinajstić information content (AvgIpc) is 2.76. The molecule has 2 heterocycles. The van der Waals surface area contributed by atoms with Crippen molar-refractivity contribution >= 4 is 17.3 Å². The van der Waals surface area contributed by atoms with Crippen LogP contribution in [0.2, 0.25) is 0 Å². The molecule has 0 radical (unpaired) electrons. The van der Waals surface area contributed by atoms with Gasteiger partial charge in [0, 0.05) is 22.8 Å². The molecule has 0 aliphatic carbocycles. The van der Waals surface area contributed by atoms with Crippen molar-refractivity contribution in [2.24, 2.45) is 5.92 Å². The topological polar surface area (TPSA) is 40.5 Å². The molecule has 1 aliphatic heterocycles. The third kappa shape index (κ3) is 2.58. The Balaban J connectivity index is 1.90. The largest absolute Gasteiger partial charge is 0.481 e. The number of carboxylic acid groups (broad SMARTS) is 1. The molecule has 2 rings (SSSR count). The normalized spacial score (nSPS) is 22.1. The molecule has 1 N–H and O–H groups in total. The first-order valence-electron chi connectivity index (χ1n) is 5.15. The molecule has 0 spiro atoms. The van der Waals surface area contributed by atoms with Crippen LogP contribution in [0, 0.1) is 12.8 Å². The smallest absolute Gasteiger partial charge is 0.307 e. The minimum atomic E-state index is -0.653. The first kappa shape index (κ1) is 10.6. The van der Waals surface area contributed by atoms with Crippen molar-refractivity contribution < 1.29 is 9.90 Å². The summed E-state index contributed by atoms with van der Waals surface area (Å²) >= 11 is 1.80. The summed E-state index contributed by atoms with van der Waals surface area (Å²) in [4.78, 5) is 15.7. The van der Waals surface area contributed by atoms with Crippen LogP contribution in [-0.4, -0.2) is 29.1 Å². The van der Waals surface area contributed by atoms with Gasteiger partial charge in [-0.15, -0.1) is 11.3 Å². The van der Waals surface area contributed by atoms with E-state index in [1.807, 2.05) is 0 Å². The highest BCUT2D eigenvalue weighted by Gasteiger charge is 2.27. The molecule has 82 valence electrons. The van der Waals surface area contributed by atoms with Crippen LogP contribution in [0.1, 0.15) is 16.2 Å². The summed E-state index contributed by atoms with van der Waals surface area (Å²) in [6, 6.07) is 4.25. The number of carbonyl (C=O) groups is 1. The molecule has 4 heteroatoms. The summed E-state index contributed by atoms with van der Waals surface area (Å²) < 4.78 is 0. The van der Waals surface area contributed by atoms with E-state index in [0.717, 1.165) is 19.5 Å². The van der Waals surface area contributed by atoms with Gasteiger partial charge in [-0.2, -0.15) is 0 Å². The van der Waals surface area contributed by atoms with E-state index in [9.17, 15) is 4.79 Å². The second-order valence-electron chi connectivity index (χ2n) is 4.07. The van der Waals surface area contributed by atoms with Gasteiger partial charge in [0.05, 0.1) is 5.92 Å². The van der Waals surface area contributed by atoms with Gasteiger partial charge in [-0.05, 0) is 32.0 Å². The highest BCUT2D eigenvalue weighted by molar-refractivity contribution is 7.11. The second-order valence-corrected chi connectivity index (χ2v) is 5.44. The molecule has 0 amide bonds. The van der Waals surface area contributed by atoms with E-state index in [2.05, 4.69) is 24.0 Å². The minimum Gasteiger partial charge on any atom is -0.481 e. The van der Waals surface area contributed by atoms with Crippen LogP contribution in [0.3, 0.4) is 0 Å². The van der Waals surface area contributed by atoms with Gasteiger partial charge in [0.15, 0.2) is 0 Å².